The molecule has 0 fully saturated rings. The van der Waals surface area contributed by atoms with E-state index in [0.29, 0.717) is 5.69 Å². The number of hydrogen-bond acceptors (Lipinski definition) is 5. The minimum absolute atomic E-state index is 0.118. The van der Waals surface area contributed by atoms with Gasteiger partial charge in [0.15, 0.2) is 0 Å². The fourth-order valence-electron chi connectivity index (χ4n) is 2.54. The predicted molar refractivity (Wildman–Crippen MR) is 147 cm³/mol. The van der Waals surface area contributed by atoms with Gasteiger partial charge < -0.3 is 5.11 Å². The maximum absolute atomic E-state index is 9.71. The standard InChI is InChI=1S/C20H15N3OS.4C2H6/c1-13-5-4-7-17-19(13)25-20(21-17)14-9-11-15(12-10-14)22-23-16-6-2-3-8-18(16)24;4*1-2/h2-12,24H,1H3;4*1-2H3. The highest BCUT2D eigenvalue weighted by atomic mass is 32.1. The van der Waals surface area contributed by atoms with Gasteiger partial charge in [0.1, 0.15) is 16.4 Å². The first kappa shape index (κ1) is 30.0. The number of thiazole rings is 1. The maximum Gasteiger partial charge on any atom is 0.143 e. The van der Waals surface area contributed by atoms with E-state index in [1.165, 1.54) is 10.3 Å². The number of phenolic OH excluding ortho intramolecular Hbond substituents is 1. The Hall–Kier alpha value is -3.05. The van der Waals surface area contributed by atoms with Crippen LogP contribution in [0.4, 0.5) is 11.4 Å². The van der Waals surface area contributed by atoms with Crippen molar-refractivity contribution in [3.63, 3.8) is 0 Å². The molecule has 4 aromatic rings. The molecule has 0 aliphatic carbocycles. The van der Waals surface area contributed by atoms with Gasteiger partial charge in [-0.05, 0) is 55.0 Å². The lowest BCUT2D eigenvalue weighted by Crippen LogP contribution is -1.75. The Kier molecular flexibility index (Phi) is 15.9. The van der Waals surface area contributed by atoms with Gasteiger partial charge >= 0.3 is 0 Å². The van der Waals surface area contributed by atoms with Crippen molar-refractivity contribution in [1.82, 2.24) is 4.98 Å². The van der Waals surface area contributed by atoms with Crippen LogP contribution >= 0.6 is 11.3 Å². The lowest BCUT2D eigenvalue weighted by molar-refractivity contribution is 0.476. The molecule has 0 amide bonds. The monoisotopic (exact) mass is 465 g/mol. The fourth-order valence-corrected chi connectivity index (χ4v) is 3.58. The molecule has 178 valence electrons. The van der Waals surface area contributed by atoms with E-state index in [1.807, 2.05) is 97.9 Å². The zero-order chi connectivity index (χ0) is 25.2. The van der Waals surface area contributed by atoms with Gasteiger partial charge in [-0.15, -0.1) is 16.5 Å². The molecule has 0 aliphatic heterocycles. The smallest absolute Gasteiger partial charge is 0.143 e. The number of benzene rings is 3. The Morgan fingerprint density at radius 3 is 1.88 bits per heavy atom. The quantitative estimate of drug-likeness (QED) is 0.306. The first-order valence-electron chi connectivity index (χ1n) is 11.9. The van der Waals surface area contributed by atoms with E-state index in [4.69, 9.17) is 4.98 Å². The number of para-hydroxylation sites is 1. The highest BCUT2D eigenvalue weighted by molar-refractivity contribution is 7.21. The van der Waals surface area contributed by atoms with Crippen molar-refractivity contribution in [2.24, 2.45) is 10.2 Å². The summed E-state index contributed by atoms with van der Waals surface area (Å²) in [6.45, 7) is 18.1. The van der Waals surface area contributed by atoms with Gasteiger partial charge in [-0.1, -0.05) is 79.7 Å². The Bertz CT molecular complexity index is 1070. The lowest BCUT2D eigenvalue weighted by Gasteiger charge is -1.98. The summed E-state index contributed by atoms with van der Waals surface area (Å²) in [5.41, 5.74) is 4.51. The zero-order valence-corrected chi connectivity index (χ0v) is 22.4. The van der Waals surface area contributed by atoms with Crippen molar-refractivity contribution in [3.05, 3.63) is 72.3 Å². The second-order valence-electron chi connectivity index (χ2n) is 5.68. The molecule has 0 aliphatic rings. The average Bonchev–Trinajstić information content (AvgIpc) is 3.35. The normalized spacial score (nSPS) is 9.36. The Balaban J connectivity index is 0.00000116. The lowest BCUT2D eigenvalue weighted by atomic mass is 10.2. The number of azo groups is 1. The third-order valence-corrected chi connectivity index (χ3v) is 5.14. The van der Waals surface area contributed by atoms with Gasteiger partial charge in [0.2, 0.25) is 0 Å². The molecule has 1 aromatic heterocycles. The van der Waals surface area contributed by atoms with Crippen molar-refractivity contribution in [2.75, 3.05) is 0 Å². The maximum atomic E-state index is 9.71. The molecule has 0 unspecified atom stereocenters. The van der Waals surface area contributed by atoms with Crippen LogP contribution < -0.4 is 0 Å². The molecule has 0 radical (unpaired) electrons. The summed E-state index contributed by atoms with van der Waals surface area (Å²) in [6, 6.07) is 20.8. The van der Waals surface area contributed by atoms with Crippen LogP contribution in [0.25, 0.3) is 20.8 Å². The fraction of sp³-hybridized carbons (Fsp3) is 0.321. The summed E-state index contributed by atoms with van der Waals surface area (Å²) in [7, 11) is 0. The molecule has 5 heteroatoms. The van der Waals surface area contributed by atoms with Crippen molar-refractivity contribution < 1.29 is 5.11 Å². The van der Waals surface area contributed by atoms with Crippen LogP contribution in [-0.4, -0.2) is 10.1 Å². The summed E-state index contributed by atoms with van der Waals surface area (Å²) < 4.78 is 1.22. The summed E-state index contributed by atoms with van der Waals surface area (Å²) >= 11 is 1.70. The first-order chi connectivity index (χ1) is 16.2. The first-order valence-corrected chi connectivity index (χ1v) is 12.7. The predicted octanol–water partition coefficient (Wildman–Crippen LogP) is 10.5. The number of aromatic hydroxyl groups is 1. The van der Waals surface area contributed by atoms with Crippen molar-refractivity contribution in [1.29, 1.82) is 0 Å². The summed E-state index contributed by atoms with van der Waals surface area (Å²) in [6.07, 6.45) is 0. The van der Waals surface area contributed by atoms with Crippen molar-refractivity contribution in [3.8, 4) is 16.3 Å². The number of aryl methyl sites for hydroxylation is 1. The van der Waals surface area contributed by atoms with Crippen molar-refractivity contribution in [2.45, 2.75) is 62.3 Å². The van der Waals surface area contributed by atoms with E-state index in [2.05, 4.69) is 23.2 Å². The molecule has 0 saturated carbocycles. The highest BCUT2D eigenvalue weighted by Crippen LogP contribution is 2.33. The minimum Gasteiger partial charge on any atom is -0.506 e. The van der Waals surface area contributed by atoms with Crippen LogP contribution in [0.15, 0.2) is 77.0 Å². The molecule has 4 nitrogen and oxygen atoms in total. The second-order valence-corrected chi connectivity index (χ2v) is 6.68. The SMILES string of the molecule is CC.CC.CC.CC.Cc1cccc2nc(-c3ccc(N=Nc4ccccc4O)cc3)sc12. The molecule has 3 aromatic carbocycles. The molecule has 1 heterocycles. The molecule has 0 bridgehead atoms. The van der Waals surface area contributed by atoms with Gasteiger partial charge in [-0.25, -0.2) is 4.98 Å². The van der Waals surface area contributed by atoms with Crippen LogP contribution in [0.1, 0.15) is 61.0 Å². The minimum atomic E-state index is 0.118. The third-order valence-electron chi connectivity index (χ3n) is 3.88. The molecule has 0 spiro atoms. The number of phenols is 1. The number of rotatable bonds is 3. The Labute approximate surface area is 204 Å². The number of hydrogen-bond donors (Lipinski definition) is 1. The molecular formula is C28H39N3OS. The number of nitrogens with zero attached hydrogens (tertiary/aromatic N) is 3. The van der Waals surface area contributed by atoms with E-state index < -0.39 is 0 Å². The van der Waals surface area contributed by atoms with E-state index in [0.717, 1.165) is 21.8 Å². The van der Waals surface area contributed by atoms with Gasteiger partial charge in [0.25, 0.3) is 0 Å². The molecule has 1 N–H and O–H groups in total. The summed E-state index contributed by atoms with van der Waals surface area (Å²) in [5, 5.41) is 19.0. The number of aromatic nitrogens is 1. The largest absolute Gasteiger partial charge is 0.506 e. The Morgan fingerprint density at radius 1 is 0.697 bits per heavy atom. The molecule has 33 heavy (non-hydrogen) atoms. The number of fused-ring (bicyclic) bond motifs is 1. The molecule has 4 rings (SSSR count). The summed E-state index contributed by atoms with van der Waals surface area (Å²) in [5.74, 6) is 0.118. The zero-order valence-electron chi connectivity index (χ0n) is 21.5. The van der Waals surface area contributed by atoms with Crippen LogP contribution in [0, 0.1) is 6.92 Å². The van der Waals surface area contributed by atoms with Crippen LogP contribution in [0.2, 0.25) is 0 Å². The van der Waals surface area contributed by atoms with Gasteiger partial charge in [0, 0.05) is 5.56 Å². The van der Waals surface area contributed by atoms with Gasteiger partial charge in [-0.2, -0.15) is 5.11 Å². The Morgan fingerprint density at radius 2 is 1.30 bits per heavy atom. The molecular weight excluding hydrogens is 426 g/mol. The second kappa shape index (κ2) is 17.5. The van der Waals surface area contributed by atoms with Gasteiger partial charge in [-0.3, -0.25) is 0 Å². The van der Waals surface area contributed by atoms with Crippen LogP contribution in [-0.2, 0) is 0 Å². The van der Waals surface area contributed by atoms with E-state index >= 15 is 0 Å². The van der Waals surface area contributed by atoms with E-state index in [9.17, 15) is 5.11 Å². The highest BCUT2D eigenvalue weighted by Gasteiger charge is 2.07. The van der Waals surface area contributed by atoms with E-state index in [1.54, 1.807) is 29.5 Å². The topological polar surface area (TPSA) is 57.8 Å². The van der Waals surface area contributed by atoms with Crippen molar-refractivity contribution >= 4 is 32.9 Å². The van der Waals surface area contributed by atoms with Crippen LogP contribution in [0.3, 0.4) is 0 Å². The average molecular weight is 466 g/mol. The molecule has 0 atom stereocenters. The van der Waals surface area contributed by atoms with E-state index in [-0.39, 0.29) is 5.75 Å². The van der Waals surface area contributed by atoms with Gasteiger partial charge in [0.05, 0.1) is 15.9 Å². The summed E-state index contributed by atoms with van der Waals surface area (Å²) in [4.78, 5) is 4.71. The third kappa shape index (κ3) is 8.78. The van der Waals surface area contributed by atoms with Crippen LogP contribution in [0.5, 0.6) is 5.75 Å². The molecule has 0 saturated heterocycles.